The monoisotopic (exact) mass is 717 g/mol. The Balaban J connectivity index is 1.03. The van der Waals surface area contributed by atoms with E-state index in [1.165, 1.54) is 16.8 Å². The topological polar surface area (TPSA) is 128 Å². The highest BCUT2D eigenvalue weighted by molar-refractivity contribution is 6.32. The highest BCUT2D eigenvalue weighted by atomic mass is 35.5. The quantitative estimate of drug-likeness (QED) is 0.269. The lowest BCUT2D eigenvalue weighted by molar-refractivity contribution is -0.0629. The van der Waals surface area contributed by atoms with Crippen molar-refractivity contribution in [3.8, 4) is 28.3 Å². The Kier molecular flexibility index (Phi) is 10.8. The lowest BCUT2D eigenvalue weighted by atomic mass is 9.96. The first kappa shape index (κ1) is 36.2. The Hall–Kier alpha value is -4.65. The number of ether oxygens (including phenoxy) is 3. The van der Waals surface area contributed by atoms with Crippen LogP contribution in [0.15, 0.2) is 63.2 Å². The normalized spacial score (nSPS) is 16.0. The van der Waals surface area contributed by atoms with Gasteiger partial charge in [0.05, 0.1) is 37.1 Å². The van der Waals surface area contributed by atoms with Crippen LogP contribution in [0.5, 0.6) is 11.5 Å². The Morgan fingerprint density at radius 1 is 0.863 bits per heavy atom. The molecule has 0 radical (unpaired) electrons. The molecule has 0 unspecified atom stereocenters. The van der Waals surface area contributed by atoms with Gasteiger partial charge in [0.25, 0.3) is 17.0 Å². The highest BCUT2D eigenvalue weighted by Gasteiger charge is 2.29. The Morgan fingerprint density at radius 3 is 2.18 bits per heavy atom. The van der Waals surface area contributed by atoms with Crippen molar-refractivity contribution in [2.75, 3.05) is 40.4 Å². The van der Waals surface area contributed by atoms with Crippen LogP contribution >= 0.6 is 11.6 Å². The summed E-state index contributed by atoms with van der Waals surface area (Å²) in [5.41, 5.74) is 4.08. The fourth-order valence-corrected chi connectivity index (χ4v) is 7.28. The third-order valence-electron chi connectivity index (χ3n) is 10.1. The second kappa shape index (κ2) is 15.3. The maximum Gasteiger partial charge on any atom is 0.332 e. The molecule has 4 heterocycles. The van der Waals surface area contributed by atoms with Gasteiger partial charge in [0, 0.05) is 86.0 Å². The van der Waals surface area contributed by atoms with Crippen molar-refractivity contribution in [3.05, 3.63) is 107 Å². The Morgan fingerprint density at radius 2 is 1.53 bits per heavy atom. The molecule has 12 nitrogen and oxygen atoms in total. The molecule has 0 atom stereocenters. The van der Waals surface area contributed by atoms with Crippen LogP contribution in [0.25, 0.3) is 16.8 Å². The maximum atomic E-state index is 13.4. The van der Waals surface area contributed by atoms with E-state index in [0.717, 1.165) is 72.5 Å². The molecule has 270 valence electrons. The molecule has 13 heteroatoms. The molecule has 2 aliphatic rings. The van der Waals surface area contributed by atoms with Crippen molar-refractivity contribution in [3.63, 3.8) is 0 Å². The number of amides is 1. The number of carbonyl (C=O) groups excluding carboxylic acids is 1. The molecule has 1 amide bonds. The minimum absolute atomic E-state index is 0.0128. The number of carbonyl (C=O) groups is 1. The summed E-state index contributed by atoms with van der Waals surface area (Å²) in [5, 5.41) is 0.291. The van der Waals surface area contributed by atoms with Gasteiger partial charge in [-0.15, -0.1) is 0 Å². The van der Waals surface area contributed by atoms with E-state index in [-0.39, 0.29) is 23.7 Å². The number of nitrogens with one attached hydrogen (secondary N) is 1. The van der Waals surface area contributed by atoms with Gasteiger partial charge in [-0.05, 0) is 75.4 Å². The standard InChI is InChI=1S/C38H44ClN5O7/c1-23-24(2)36(46)41(3)22-30(23)29-20-33(49-4)26(19-34(29)50-5)21-42-13-8-27(9-14-42)51-28-10-15-43(16-11-28)37(47)25-6-7-31(39)32(18-25)44-17-12-35(45)40-38(44)48/h6-7,12,17-20,22,27-28H,8-11,13-16,21H2,1-5H3,(H,40,45,48). The summed E-state index contributed by atoms with van der Waals surface area (Å²) >= 11 is 6.35. The maximum absolute atomic E-state index is 13.4. The van der Waals surface area contributed by atoms with Gasteiger partial charge < -0.3 is 23.7 Å². The molecule has 2 saturated heterocycles. The molecule has 1 N–H and O–H groups in total. The summed E-state index contributed by atoms with van der Waals surface area (Å²) in [5.74, 6) is 1.36. The van der Waals surface area contributed by atoms with Gasteiger partial charge in [-0.25, -0.2) is 4.79 Å². The minimum Gasteiger partial charge on any atom is -0.496 e. The lowest BCUT2D eigenvalue weighted by Crippen LogP contribution is -2.43. The summed E-state index contributed by atoms with van der Waals surface area (Å²) in [4.78, 5) is 56.1. The summed E-state index contributed by atoms with van der Waals surface area (Å²) in [7, 11) is 5.10. The third-order valence-corrected chi connectivity index (χ3v) is 10.5. The van der Waals surface area contributed by atoms with E-state index >= 15 is 0 Å². The van der Waals surface area contributed by atoms with Crippen LogP contribution in [0, 0.1) is 13.8 Å². The van der Waals surface area contributed by atoms with Crippen molar-refractivity contribution in [2.45, 2.75) is 58.3 Å². The second-order valence-electron chi connectivity index (χ2n) is 13.3. The van der Waals surface area contributed by atoms with Crippen LogP contribution in [0.1, 0.15) is 52.7 Å². The molecule has 2 fully saturated rings. The molecule has 0 spiro atoms. The number of halogens is 1. The minimum atomic E-state index is -0.629. The lowest BCUT2D eigenvalue weighted by Gasteiger charge is -2.37. The van der Waals surface area contributed by atoms with Crippen LogP contribution in [-0.2, 0) is 18.3 Å². The molecule has 6 rings (SSSR count). The van der Waals surface area contributed by atoms with E-state index in [1.807, 2.05) is 32.2 Å². The fraction of sp³-hybridized carbons (Fsp3) is 0.421. The average molecular weight is 718 g/mol. The van der Waals surface area contributed by atoms with Gasteiger partial charge in [0.2, 0.25) is 0 Å². The second-order valence-corrected chi connectivity index (χ2v) is 13.7. The van der Waals surface area contributed by atoms with Gasteiger partial charge in [-0.1, -0.05) is 11.6 Å². The number of aromatic amines is 1. The summed E-state index contributed by atoms with van der Waals surface area (Å²) in [6, 6.07) is 10.1. The first-order valence-electron chi connectivity index (χ1n) is 17.2. The Bertz CT molecular complexity index is 2110. The molecule has 0 saturated carbocycles. The van der Waals surface area contributed by atoms with Crippen molar-refractivity contribution in [1.82, 2.24) is 23.9 Å². The van der Waals surface area contributed by atoms with Gasteiger partial charge in [-0.2, -0.15) is 0 Å². The highest BCUT2D eigenvalue weighted by Crippen LogP contribution is 2.38. The number of aryl methyl sites for hydroxylation is 1. The number of methoxy groups -OCH3 is 2. The molecule has 0 bridgehead atoms. The van der Waals surface area contributed by atoms with E-state index in [1.54, 1.807) is 48.9 Å². The van der Waals surface area contributed by atoms with E-state index in [0.29, 0.717) is 41.5 Å². The van der Waals surface area contributed by atoms with Gasteiger partial charge in [0.15, 0.2) is 0 Å². The van der Waals surface area contributed by atoms with Gasteiger partial charge in [-0.3, -0.25) is 28.8 Å². The van der Waals surface area contributed by atoms with E-state index < -0.39 is 11.2 Å². The number of nitrogens with zero attached hydrogens (tertiary/aromatic N) is 4. The van der Waals surface area contributed by atoms with E-state index in [4.69, 9.17) is 25.8 Å². The van der Waals surface area contributed by atoms with Crippen LogP contribution in [0.2, 0.25) is 5.02 Å². The largest absolute Gasteiger partial charge is 0.496 e. The number of H-pyrrole nitrogens is 1. The van der Waals surface area contributed by atoms with E-state index in [2.05, 4.69) is 9.88 Å². The van der Waals surface area contributed by atoms with Crippen LogP contribution in [0.3, 0.4) is 0 Å². The number of likely N-dealkylation sites (tertiary alicyclic amines) is 2. The molecule has 2 aliphatic heterocycles. The number of pyridine rings is 1. The summed E-state index contributed by atoms with van der Waals surface area (Å²) < 4.78 is 21.1. The van der Waals surface area contributed by atoms with Crippen LogP contribution < -0.4 is 26.3 Å². The predicted octanol–water partition coefficient (Wildman–Crippen LogP) is 4.46. The summed E-state index contributed by atoms with van der Waals surface area (Å²) in [6.07, 6.45) is 6.72. The number of aromatic nitrogens is 3. The molecular formula is C38H44ClN5O7. The zero-order chi connectivity index (χ0) is 36.4. The van der Waals surface area contributed by atoms with Gasteiger partial charge >= 0.3 is 5.69 Å². The third kappa shape index (κ3) is 7.68. The first-order valence-corrected chi connectivity index (χ1v) is 17.6. The molecule has 0 aliphatic carbocycles. The van der Waals surface area contributed by atoms with Crippen LogP contribution in [-0.4, -0.2) is 82.4 Å². The number of hydrogen-bond donors (Lipinski definition) is 1. The molecule has 2 aromatic carbocycles. The number of hydrogen-bond acceptors (Lipinski definition) is 8. The van der Waals surface area contributed by atoms with Crippen molar-refractivity contribution < 1.29 is 19.0 Å². The first-order chi connectivity index (χ1) is 24.5. The molecular weight excluding hydrogens is 674 g/mol. The van der Waals surface area contributed by atoms with Crippen LogP contribution in [0.4, 0.5) is 0 Å². The predicted molar refractivity (Wildman–Crippen MR) is 196 cm³/mol. The number of benzene rings is 2. The average Bonchev–Trinajstić information content (AvgIpc) is 3.13. The molecule has 4 aromatic rings. The molecule has 51 heavy (non-hydrogen) atoms. The van der Waals surface area contributed by atoms with Crippen molar-refractivity contribution in [2.24, 2.45) is 7.05 Å². The smallest absolute Gasteiger partial charge is 0.332 e. The zero-order valence-electron chi connectivity index (χ0n) is 29.7. The fourth-order valence-electron chi connectivity index (χ4n) is 7.07. The molecule has 2 aromatic heterocycles. The SMILES string of the molecule is COc1cc(-c2cn(C)c(=O)c(C)c2C)c(OC)cc1CN1CCC(OC2CCN(C(=O)c3ccc(Cl)c(-n4ccc(=O)[nH]c4=O)c3)CC2)CC1. The van der Waals surface area contributed by atoms with Gasteiger partial charge in [0.1, 0.15) is 11.5 Å². The van der Waals surface area contributed by atoms with Crippen molar-refractivity contribution >= 4 is 17.5 Å². The number of piperidine rings is 2. The number of rotatable bonds is 9. The summed E-state index contributed by atoms with van der Waals surface area (Å²) in [6.45, 7) is 7.41. The zero-order valence-corrected chi connectivity index (χ0v) is 30.4. The Labute approximate surface area is 301 Å². The van der Waals surface area contributed by atoms with E-state index in [9.17, 15) is 19.2 Å². The van der Waals surface area contributed by atoms with Crippen molar-refractivity contribution in [1.29, 1.82) is 0 Å².